The van der Waals surface area contributed by atoms with E-state index in [9.17, 15) is 9.18 Å². The van der Waals surface area contributed by atoms with Gasteiger partial charge in [-0.05, 0) is 31.3 Å². The lowest BCUT2D eigenvalue weighted by molar-refractivity contribution is -0.125. The highest BCUT2D eigenvalue weighted by Gasteiger charge is 2.35. The fourth-order valence-electron chi connectivity index (χ4n) is 2.36. The van der Waals surface area contributed by atoms with Gasteiger partial charge >= 0.3 is 0 Å². The van der Waals surface area contributed by atoms with Crippen LogP contribution < -0.4 is 5.32 Å². The van der Waals surface area contributed by atoms with Gasteiger partial charge in [-0.2, -0.15) is 0 Å². The van der Waals surface area contributed by atoms with Crippen LogP contribution in [0.4, 0.5) is 4.39 Å². The van der Waals surface area contributed by atoms with Gasteiger partial charge in [0.05, 0.1) is 11.6 Å². The highest BCUT2D eigenvalue weighted by molar-refractivity contribution is 7.80. The number of nitrogens with zero attached hydrogens (tertiary/aromatic N) is 2. The summed E-state index contributed by atoms with van der Waals surface area (Å²) in [4.78, 5) is 15.7. The minimum atomic E-state index is -0.715. The Kier molecular flexibility index (Phi) is 4.72. The third-order valence-electron chi connectivity index (χ3n) is 3.68. The van der Waals surface area contributed by atoms with Gasteiger partial charge in [-0.3, -0.25) is 4.79 Å². The predicted octanol–water partition coefficient (Wildman–Crippen LogP) is 2.70. The van der Waals surface area contributed by atoms with Crippen molar-refractivity contribution in [2.75, 3.05) is 21.1 Å². The van der Waals surface area contributed by atoms with Crippen molar-refractivity contribution in [2.24, 2.45) is 0 Å². The minimum Gasteiger partial charge on any atom is -0.351 e. The van der Waals surface area contributed by atoms with E-state index in [2.05, 4.69) is 5.32 Å². The largest absolute Gasteiger partial charge is 0.351 e. The Morgan fingerprint density at radius 1 is 1.45 bits per heavy atom. The van der Waals surface area contributed by atoms with Crippen LogP contribution in [0.3, 0.4) is 0 Å². The molecule has 22 heavy (non-hydrogen) atoms. The van der Waals surface area contributed by atoms with Crippen LogP contribution in [0.5, 0.6) is 0 Å². The molecule has 7 heteroatoms. The summed E-state index contributed by atoms with van der Waals surface area (Å²) in [5.74, 6) is -0.696. The maximum atomic E-state index is 14.3. The van der Waals surface area contributed by atoms with Crippen LogP contribution in [-0.2, 0) is 4.79 Å². The fraction of sp³-hybridized carbons (Fsp3) is 0.333. The van der Waals surface area contributed by atoms with E-state index in [1.54, 1.807) is 39.0 Å². The molecule has 0 saturated carbocycles. The Balaban J connectivity index is 2.67. The van der Waals surface area contributed by atoms with E-state index in [1.807, 2.05) is 0 Å². The van der Waals surface area contributed by atoms with Gasteiger partial charge in [-0.15, -0.1) is 0 Å². The second kappa shape index (κ2) is 6.22. The van der Waals surface area contributed by atoms with Gasteiger partial charge in [-0.1, -0.05) is 17.7 Å². The number of thiocarbonyl (C=S) groups is 1. The van der Waals surface area contributed by atoms with Crippen molar-refractivity contribution in [1.82, 2.24) is 15.1 Å². The van der Waals surface area contributed by atoms with Crippen LogP contribution in [0.25, 0.3) is 0 Å². The highest BCUT2D eigenvalue weighted by atomic mass is 35.5. The standard InChI is InChI=1S/C15H17ClFN3OS/c1-8-11(14(21)19(2)3)13(18-15(22)20(8)4)12-9(16)6-5-7-10(12)17/h5-7,13H,1-4H3,(H,18,22)/t13-/m1/s1. The van der Waals surface area contributed by atoms with Crippen LogP contribution in [0.1, 0.15) is 18.5 Å². The van der Waals surface area contributed by atoms with E-state index in [4.69, 9.17) is 23.8 Å². The number of rotatable bonds is 2. The molecule has 1 aromatic carbocycles. The van der Waals surface area contributed by atoms with Gasteiger partial charge in [0, 0.05) is 37.4 Å². The molecule has 0 fully saturated rings. The summed E-state index contributed by atoms with van der Waals surface area (Å²) in [6, 6.07) is 3.72. The quantitative estimate of drug-likeness (QED) is 0.839. The molecule has 0 aromatic heterocycles. The Morgan fingerprint density at radius 2 is 2.09 bits per heavy atom. The van der Waals surface area contributed by atoms with Gasteiger partial charge in [-0.25, -0.2) is 4.39 Å². The Labute approximate surface area is 139 Å². The van der Waals surface area contributed by atoms with E-state index in [0.717, 1.165) is 0 Å². The molecule has 0 spiro atoms. The first-order chi connectivity index (χ1) is 10.3. The second-order valence-corrected chi connectivity index (χ2v) is 6.07. The van der Waals surface area contributed by atoms with E-state index < -0.39 is 11.9 Å². The lowest BCUT2D eigenvalue weighted by atomic mass is 9.93. The number of likely N-dealkylation sites (N-methyl/N-ethyl adjacent to an activating group) is 1. The minimum absolute atomic E-state index is 0.219. The van der Waals surface area contributed by atoms with E-state index in [0.29, 0.717) is 16.4 Å². The number of carbonyl (C=O) groups is 1. The van der Waals surface area contributed by atoms with Gasteiger partial charge < -0.3 is 15.1 Å². The van der Waals surface area contributed by atoms with Gasteiger partial charge in [0.2, 0.25) is 0 Å². The molecular weight excluding hydrogens is 325 g/mol. The van der Waals surface area contributed by atoms with E-state index >= 15 is 0 Å². The summed E-state index contributed by atoms with van der Waals surface area (Å²) in [7, 11) is 5.05. The number of hydrogen-bond acceptors (Lipinski definition) is 2. The molecular formula is C15H17ClFN3OS. The number of benzene rings is 1. The number of allylic oxidation sites excluding steroid dienone is 1. The average Bonchev–Trinajstić information content (AvgIpc) is 2.44. The number of hydrogen-bond donors (Lipinski definition) is 1. The third-order valence-corrected chi connectivity index (χ3v) is 4.40. The van der Waals surface area contributed by atoms with Crippen molar-refractivity contribution in [3.63, 3.8) is 0 Å². The van der Waals surface area contributed by atoms with E-state index in [-0.39, 0.29) is 16.5 Å². The Hall–Kier alpha value is -1.66. The van der Waals surface area contributed by atoms with Crippen LogP contribution in [0.2, 0.25) is 5.02 Å². The summed E-state index contributed by atoms with van der Waals surface area (Å²) in [5.41, 5.74) is 1.32. The monoisotopic (exact) mass is 341 g/mol. The molecule has 2 rings (SSSR count). The molecule has 1 atom stereocenters. The van der Waals surface area contributed by atoms with Crippen LogP contribution in [0, 0.1) is 5.82 Å². The fourth-order valence-corrected chi connectivity index (χ4v) is 2.88. The van der Waals surface area contributed by atoms with E-state index in [1.165, 1.54) is 17.0 Å². The predicted molar refractivity (Wildman–Crippen MR) is 89.0 cm³/mol. The molecule has 1 aliphatic rings. The van der Waals surface area contributed by atoms with Crippen molar-refractivity contribution >= 4 is 34.8 Å². The van der Waals surface area contributed by atoms with Crippen molar-refractivity contribution in [3.8, 4) is 0 Å². The first-order valence-electron chi connectivity index (χ1n) is 6.66. The van der Waals surface area contributed by atoms with Gasteiger partial charge in [0.25, 0.3) is 5.91 Å². The van der Waals surface area contributed by atoms with Crippen molar-refractivity contribution < 1.29 is 9.18 Å². The van der Waals surface area contributed by atoms with Crippen LogP contribution >= 0.6 is 23.8 Å². The lowest BCUT2D eigenvalue weighted by Gasteiger charge is -2.36. The average molecular weight is 342 g/mol. The van der Waals surface area contributed by atoms with Crippen molar-refractivity contribution in [1.29, 1.82) is 0 Å². The maximum Gasteiger partial charge on any atom is 0.253 e. The molecule has 0 radical (unpaired) electrons. The molecule has 0 saturated heterocycles. The Bertz CT molecular complexity index is 655. The summed E-state index contributed by atoms with van der Waals surface area (Å²) in [5, 5.41) is 3.67. The summed E-state index contributed by atoms with van der Waals surface area (Å²) in [6.07, 6.45) is 0. The number of amides is 1. The molecule has 1 aromatic rings. The molecule has 1 amide bonds. The zero-order chi connectivity index (χ0) is 16.6. The maximum absolute atomic E-state index is 14.3. The molecule has 118 valence electrons. The molecule has 1 heterocycles. The smallest absolute Gasteiger partial charge is 0.253 e. The molecule has 0 bridgehead atoms. The zero-order valence-corrected chi connectivity index (χ0v) is 14.3. The molecule has 0 unspecified atom stereocenters. The number of halogens is 2. The summed E-state index contributed by atoms with van der Waals surface area (Å²) in [6.45, 7) is 1.78. The zero-order valence-electron chi connectivity index (χ0n) is 12.8. The first-order valence-corrected chi connectivity index (χ1v) is 7.44. The highest BCUT2D eigenvalue weighted by Crippen LogP contribution is 2.35. The summed E-state index contributed by atoms with van der Waals surface area (Å²) < 4.78 is 14.3. The SMILES string of the molecule is CC1=C(C(=O)N(C)C)[C@H](c2c(F)cccc2Cl)NC(=S)N1C. The number of nitrogens with one attached hydrogen (secondary N) is 1. The normalized spacial score (nSPS) is 18.4. The van der Waals surface area contributed by atoms with Crippen LogP contribution in [-0.4, -0.2) is 42.0 Å². The van der Waals surface area contributed by atoms with Crippen molar-refractivity contribution in [2.45, 2.75) is 13.0 Å². The van der Waals surface area contributed by atoms with Crippen LogP contribution in [0.15, 0.2) is 29.5 Å². The van der Waals surface area contributed by atoms with Gasteiger partial charge in [0.1, 0.15) is 5.82 Å². The Morgan fingerprint density at radius 3 is 2.64 bits per heavy atom. The topological polar surface area (TPSA) is 35.6 Å². The first kappa shape index (κ1) is 16.7. The van der Waals surface area contributed by atoms with Crippen molar-refractivity contribution in [3.05, 3.63) is 45.9 Å². The third kappa shape index (κ3) is 2.80. The molecule has 0 aliphatic carbocycles. The van der Waals surface area contributed by atoms with Gasteiger partial charge in [0.15, 0.2) is 5.11 Å². The molecule has 1 aliphatic heterocycles. The second-order valence-electron chi connectivity index (χ2n) is 5.28. The summed E-state index contributed by atoms with van der Waals surface area (Å²) >= 11 is 11.4. The molecule has 1 N–H and O–H groups in total. The number of carbonyl (C=O) groups excluding carboxylic acids is 1. The lowest BCUT2D eigenvalue weighted by Crippen LogP contribution is -2.47. The molecule has 4 nitrogen and oxygen atoms in total.